The van der Waals surface area contributed by atoms with Gasteiger partial charge in [-0.25, -0.2) is 23.7 Å². The molecule has 0 fully saturated rings. The molecular weight excluding hydrogens is 447 g/mol. The predicted octanol–water partition coefficient (Wildman–Crippen LogP) is 4.38. The normalized spacial score (nSPS) is 12.0. The van der Waals surface area contributed by atoms with Crippen molar-refractivity contribution in [1.82, 2.24) is 24.3 Å². The number of pyridine rings is 1. The van der Waals surface area contributed by atoms with Crippen molar-refractivity contribution in [2.75, 3.05) is 5.73 Å². The number of carbonyl (C=O) groups excluding carboxylic acids is 1. The third kappa shape index (κ3) is 3.35. The molecule has 0 bridgehead atoms. The van der Waals surface area contributed by atoms with Crippen molar-refractivity contribution in [3.63, 3.8) is 0 Å². The molecule has 1 aromatic carbocycles. The van der Waals surface area contributed by atoms with Gasteiger partial charge in [0.05, 0.1) is 16.9 Å². The Morgan fingerprint density at radius 1 is 1.12 bits per heavy atom. The van der Waals surface area contributed by atoms with E-state index in [2.05, 4.69) is 19.9 Å². The minimum atomic E-state index is -4.62. The Morgan fingerprint density at radius 2 is 1.91 bits per heavy atom. The molecule has 5 rings (SSSR count). The second-order valence-electron chi connectivity index (χ2n) is 7.12. The fraction of sp³-hybridized carbons (Fsp3) is 0.0476. The van der Waals surface area contributed by atoms with Crippen LogP contribution in [0.4, 0.5) is 27.6 Å². The zero-order valence-corrected chi connectivity index (χ0v) is 16.3. The van der Waals surface area contributed by atoms with Crippen LogP contribution >= 0.6 is 0 Å². The molecule has 4 aromatic heterocycles. The molecule has 7 nitrogen and oxygen atoms in total. The van der Waals surface area contributed by atoms with E-state index in [4.69, 9.17) is 5.73 Å². The van der Waals surface area contributed by atoms with Crippen LogP contribution in [0.15, 0.2) is 49.1 Å². The summed E-state index contributed by atoms with van der Waals surface area (Å²) in [4.78, 5) is 27.5. The Balaban J connectivity index is 1.61. The summed E-state index contributed by atoms with van der Waals surface area (Å²) in [6.45, 7) is 0. The van der Waals surface area contributed by atoms with Crippen molar-refractivity contribution < 1.29 is 26.7 Å². The maximum absolute atomic E-state index is 14.4. The molecule has 0 spiro atoms. The summed E-state index contributed by atoms with van der Waals surface area (Å²) in [5.74, 6) is -3.38. The molecule has 0 aliphatic rings. The van der Waals surface area contributed by atoms with Crippen LogP contribution in [-0.4, -0.2) is 30.1 Å². The lowest BCUT2D eigenvalue weighted by atomic mass is 10.0. The number of benzene rings is 1. The molecule has 166 valence electrons. The van der Waals surface area contributed by atoms with Crippen LogP contribution in [0.3, 0.4) is 0 Å². The average molecular weight is 458 g/mol. The fourth-order valence-electron chi connectivity index (χ4n) is 3.41. The van der Waals surface area contributed by atoms with Gasteiger partial charge in [0.2, 0.25) is 11.6 Å². The quantitative estimate of drug-likeness (QED) is 0.237. The number of anilines is 1. The summed E-state index contributed by atoms with van der Waals surface area (Å²) in [5, 5.41) is 0.236. The number of aromatic nitrogens is 5. The van der Waals surface area contributed by atoms with Gasteiger partial charge in [-0.05, 0) is 24.3 Å². The van der Waals surface area contributed by atoms with Crippen LogP contribution in [0, 0.1) is 11.6 Å². The number of rotatable bonds is 3. The van der Waals surface area contributed by atoms with Crippen LogP contribution in [-0.2, 0) is 6.18 Å². The van der Waals surface area contributed by atoms with E-state index in [9.17, 15) is 26.7 Å². The molecule has 0 amide bonds. The highest BCUT2D eigenvalue weighted by molar-refractivity contribution is 6.16. The van der Waals surface area contributed by atoms with Crippen molar-refractivity contribution >= 4 is 28.3 Å². The smallest absolute Gasteiger partial charge is 0.396 e. The van der Waals surface area contributed by atoms with Gasteiger partial charge < -0.3 is 10.7 Å². The Kier molecular flexibility index (Phi) is 4.41. The number of nitrogen functional groups attached to an aromatic ring is 1. The minimum Gasteiger partial charge on any atom is -0.396 e. The summed E-state index contributed by atoms with van der Waals surface area (Å²) in [6.07, 6.45) is 0.634. The molecule has 0 saturated heterocycles. The topological polar surface area (TPSA) is 102 Å². The van der Waals surface area contributed by atoms with E-state index >= 15 is 0 Å². The molecule has 3 N–H and O–H groups in total. The third-order valence-corrected chi connectivity index (χ3v) is 5.04. The number of nitrogens with zero attached hydrogens (tertiary/aromatic N) is 4. The number of fused-ring (bicyclic) bond motifs is 2. The first kappa shape index (κ1) is 20.5. The summed E-state index contributed by atoms with van der Waals surface area (Å²) >= 11 is 0. The van der Waals surface area contributed by atoms with E-state index in [0.717, 1.165) is 18.2 Å². The Labute approximate surface area is 180 Å². The predicted molar refractivity (Wildman–Crippen MR) is 107 cm³/mol. The number of H-pyrrole nitrogens is 1. The first-order chi connectivity index (χ1) is 15.6. The second kappa shape index (κ2) is 7.08. The van der Waals surface area contributed by atoms with Gasteiger partial charge in [-0.1, -0.05) is 0 Å². The molecule has 5 aromatic rings. The Morgan fingerprint density at radius 3 is 2.67 bits per heavy atom. The standard InChI is InChI=1S/C21H11F5N6O/c22-12-1-2-13(27)17(23)16(12)18(33)11-7-29-19-10(11)5-9(6-28-19)14-8-32-4-3-15(21(24,25)26)31-20(32)30-14/h1-8H,27H2,(H,28,29). The second-order valence-corrected chi connectivity index (χ2v) is 7.12. The SMILES string of the molecule is Nc1ccc(F)c(C(=O)c2c[nH]c3ncc(-c4cn5ccc(C(F)(F)F)nc5n4)cc23)c1F. The van der Waals surface area contributed by atoms with Crippen LogP contribution in [0.5, 0.6) is 0 Å². The molecule has 0 unspecified atom stereocenters. The molecule has 0 aliphatic carbocycles. The van der Waals surface area contributed by atoms with E-state index in [-0.39, 0.29) is 33.8 Å². The van der Waals surface area contributed by atoms with Gasteiger partial charge >= 0.3 is 6.18 Å². The zero-order valence-electron chi connectivity index (χ0n) is 16.3. The Bertz CT molecular complexity index is 1570. The van der Waals surface area contributed by atoms with Crippen molar-refractivity contribution in [2.45, 2.75) is 6.18 Å². The highest BCUT2D eigenvalue weighted by Crippen LogP contribution is 2.30. The largest absolute Gasteiger partial charge is 0.433 e. The summed E-state index contributed by atoms with van der Waals surface area (Å²) in [7, 11) is 0. The van der Waals surface area contributed by atoms with Crippen LogP contribution in [0.1, 0.15) is 21.6 Å². The number of carbonyl (C=O) groups is 1. The maximum atomic E-state index is 14.4. The third-order valence-electron chi connectivity index (χ3n) is 5.04. The van der Waals surface area contributed by atoms with Gasteiger partial charge in [-0.3, -0.25) is 9.20 Å². The monoisotopic (exact) mass is 458 g/mol. The van der Waals surface area contributed by atoms with E-state index in [1.807, 2.05) is 0 Å². The zero-order chi connectivity index (χ0) is 23.5. The lowest BCUT2D eigenvalue weighted by molar-refractivity contribution is -0.141. The molecule has 0 atom stereocenters. The lowest BCUT2D eigenvalue weighted by Gasteiger charge is -2.06. The first-order valence-corrected chi connectivity index (χ1v) is 9.32. The summed E-state index contributed by atoms with van der Waals surface area (Å²) < 4.78 is 68.6. The molecule has 0 saturated carbocycles. The number of ketones is 1. The van der Waals surface area contributed by atoms with Crippen molar-refractivity contribution in [3.05, 3.63) is 77.5 Å². The number of nitrogens with one attached hydrogen (secondary N) is 1. The molecular formula is C21H11F5N6O. The van der Waals surface area contributed by atoms with Gasteiger partial charge in [0.25, 0.3) is 0 Å². The van der Waals surface area contributed by atoms with E-state index in [0.29, 0.717) is 5.56 Å². The number of imidazole rings is 1. The molecule has 0 aliphatic heterocycles. The molecule has 12 heteroatoms. The van der Waals surface area contributed by atoms with Crippen molar-refractivity contribution in [1.29, 1.82) is 0 Å². The number of alkyl halides is 3. The van der Waals surface area contributed by atoms with E-state index < -0.39 is 34.9 Å². The average Bonchev–Trinajstić information content (AvgIpc) is 3.39. The van der Waals surface area contributed by atoms with Crippen molar-refractivity contribution in [3.8, 4) is 11.3 Å². The van der Waals surface area contributed by atoms with Crippen molar-refractivity contribution in [2.24, 2.45) is 0 Å². The maximum Gasteiger partial charge on any atom is 0.433 e. The molecule has 33 heavy (non-hydrogen) atoms. The van der Waals surface area contributed by atoms with Crippen LogP contribution < -0.4 is 5.73 Å². The molecule has 0 radical (unpaired) electrons. The summed E-state index contributed by atoms with van der Waals surface area (Å²) in [6, 6.07) is 4.21. The number of nitrogens with two attached hydrogens (primary N) is 1. The minimum absolute atomic E-state index is 0.0657. The molecule has 4 heterocycles. The summed E-state index contributed by atoms with van der Waals surface area (Å²) in [5.41, 5.74) is 3.96. The fourth-order valence-corrected chi connectivity index (χ4v) is 3.41. The van der Waals surface area contributed by atoms with Crippen LogP contribution in [0.25, 0.3) is 28.1 Å². The lowest BCUT2D eigenvalue weighted by Crippen LogP contribution is -2.09. The first-order valence-electron chi connectivity index (χ1n) is 9.32. The van der Waals surface area contributed by atoms with Gasteiger partial charge in [-0.15, -0.1) is 0 Å². The number of hydrogen-bond donors (Lipinski definition) is 2. The number of aromatic amines is 1. The van der Waals surface area contributed by atoms with E-state index in [1.165, 1.54) is 35.3 Å². The van der Waals surface area contributed by atoms with Gasteiger partial charge in [0.1, 0.15) is 17.2 Å². The van der Waals surface area contributed by atoms with Gasteiger partial charge in [0, 0.05) is 41.3 Å². The number of halogens is 5. The van der Waals surface area contributed by atoms with Gasteiger partial charge in [-0.2, -0.15) is 13.2 Å². The van der Waals surface area contributed by atoms with Gasteiger partial charge in [0.15, 0.2) is 5.82 Å². The number of hydrogen-bond acceptors (Lipinski definition) is 5. The van der Waals surface area contributed by atoms with E-state index in [1.54, 1.807) is 0 Å². The highest BCUT2D eigenvalue weighted by Gasteiger charge is 2.33. The highest BCUT2D eigenvalue weighted by atomic mass is 19.4. The van der Waals surface area contributed by atoms with Crippen LogP contribution in [0.2, 0.25) is 0 Å². The Hall–Kier alpha value is -4.35.